The average molecular weight is 454 g/mol. The lowest BCUT2D eigenvalue weighted by atomic mass is 10.1. The Morgan fingerprint density at radius 3 is 2.53 bits per heavy atom. The van der Waals surface area contributed by atoms with Gasteiger partial charge in [-0.15, -0.1) is 0 Å². The molecule has 0 saturated carbocycles. The number of carbonyl (C=O) groups excluding carboxylic acids is 1. The molecule has 1 saturated heterocycles. The number of anilines is 1. The minimum atomic E-state index is 0.0663. The van der Waals surface area contributed by atoms with Crippen LogP contribution in [0.15, 0.2) is 66.7 Å². The fourth-order valence-electron chi connectivity index (χ4n) is 5.09. The van der Waals surface area contributed by atoms with Gasteiger partial charge in [-0.25, -0.2) is 4.98 Å². The van der Waals surface area contributed by atoms with Crippen molar-refractivity contribution in [3.8, 4) is 5.75 Å². The molecule has 2 heterocycles. The van der Waals surface area contributed by atoms with Crippen molar-refractivity contribution in [3.05, 3.63) is 89.2 Å². The van der Waals surface area contributed by atoms with E-state index in [1.54, 1.807) is 0 Å². The van der Waals surface area contributed by atoms with Crippen molar-refractivity contribution >= 4 is 22.6 Å². The van der Waals surface area contributed by atoms with Crippen molar-refractivity contribution in [1.82, 2.24) is 9.55 Å². The molecule has 4 aromatic rings. The first-order valence-electron chi connectivity index (χ1n) is 12.0. The van der Waals surface area contributed by atoms with E-state index >= 15 is 0 Å². The first-order chi connectivity index (χ1) is 16.5. The van der Waals surface area contributed by atoms with Crippen molar-refractivity contribution in [3.63, 3.8) is 0 Å². The van der Waals surface area contributed by atoms with Gasteiger partial charge < -0.3 is 14.2 Å². The zero-order chi connectivity index (χ0) is 23.7. The van der Waals surface area contributed by atoms with Crippen molar-refractivity contribution < 1.29 is 9.53 Å². The predicted octanol–water partition coefficient (Wildman–Crippen LogP) is 5.95. The molecule has 1 fully saturated rings. The van der Waals surface area contributed by atoms with Gasteiger partial charge in [-0.05, 0) is 68.1 Å². The summed E-state index contributed by atoms with van der Waals surface area (Å²) in [6, 6.07) is 22.6. The molecule has 0 aliphatic carbocycles. The molecular formula is C29H31N3O2. The van der Waals surface area contributed by atoms with Crippen LogP contribution in [0.5, 0.6) is 5.75 Å². The molecule has 1 aliphatic heterocycles. The van der Waals surface area contributed by atoms with Gasteiger partial charge in [0.15, 0.2) is 0 Å². The van der Waals surface area contributed by atoms with E-state index in [-0.39, 0.29) is 11.8 Å². The number of para-hydroxylation sites is 3. The number of amides is 1. The number of hydrogen-bond donors (Lipinski definition) is 0. The normalized spacial score (nSPS) is 15.9. The maximum absolute atomic E-state index is 13.1. The molecular weight excluding hydrogens is 422 g/mol. The van der Waals surface area contributed by atoms with Crippen LogP contribution in [0.2, 0.25) is 0 Å². The van der Waals surface area contributed by atoms with Crippen LogP contribution < -0.4 is 9.64 Å². The quantitative estimate of drug-likeness (QED) is 0.325. The van der Waals surface area contributed by atoms with Crippen LogP contribution in [0.25, 0.3) is 11.0 Å². The Morgan fingerprint density at radius 1 is 0.971 bits per heavy atom. The number of hydrogen-bond acceptors (Lipinski definition) is 3. The van der Waals surface area contributed by atoms with Gasteiger partial charge in [0.2, 0.25) is 5.91 Å². The molecule has 5 rings (SSSR count). The van der Waals surface area contributed by atoms with E-state index in [0.29, 0.717) is 19.6 Å². The summed E-state index contributed by atoms with van der Waals surface area (Å²) < 4.78 is 8.28. The van der Waals surface area contributed by atoms with Gasteiger partial charge in [0.05, 0.1) is 17.6 Å². The number of aryl methyl sites for hydroxylation is 4. The molecule has 174 valence electrons. The Morgan fingerprint density at radius 2 is 1.74 bits per heavy atom. The van der Waals surface area contributed by atoms with E-state index in [4.69, 9.17) is 9.72 Å². The molecule has 1 aliphatic rings. The molecule has 5 nitrogen and oxygen atoms in total. The fraction of sp³-hybridized carbons (Fsp3) is 0.310. The van der Waals surface area contributed by atoms with Crippen LogP contribution in [0.3, 0.4) is 0 Å². The SMILES string of the molecule is Cc1cccc(OCCCn2c(C3CC(=O)N(c4c(C)cccc4C)C3)nc3ccccc32)c1. The summed E-state index contributed by atoms with van der Waals surface area (Å²) in [5, 5.41) is 0. The van der Waals surface area contributed by atoms with E-state index in [1.165, 1.54) is 5.56 Å². The maximum Gasteiger partial charge on any atom is 0.227 e. The van der Waals surface area contributed by atoms with Crippen LogP contribution in [0.1, 0.15) is 41.3 Å². The van der Waals surface area contributed by atoms with Gasteiger partial charge in [-0.3, -0.25) is 4.79 Å². The second kappa shape index (κ2) is 9.34. The molecule has 1 unspecified atom stereocenters. The van der Waals surface area contributed by atoms with Crippen molar-refractivity contribution in [1.29, 1.82) is 0 Å². The number of ether oxygens (including phenoxy) is 1. The lowest BCUT2D eigenvalue weighted by Crippen LogP contribution is -2.26. The lowest BCUT2D eigenvalue weighted by molar-refractivity contribution is -0.117. The summed E-state index contributed by atoms with van der Waals surface area (Å²) in [5.41, 5.74) is 6.61. The summed E-state index contributed by atoms with van der Waals surface area (Å²) in [6.45, 7) is 8.32. The third-order valence-electron chi connectivity index (χ3n) is 6.67. The summed E-state index contributed by atoms with van der Waals surface area (Å²) in [7, 11) is 0. The molecule has 1 amide bonds. The highest BCUT2D eigenvalue weighted by Crippen LogP contribution is 2.36. The van der Waals surface area contributed by atoms with Crippen molar-refractivity contribution in [2.75, 3.05) is 18.1 Å². The molecule has 0 bridgehead atoms. The number of rotatable bonds is 7. The van der Waals surface area contributed by atoms with Crippen LogP contribution in [0, 0.1) is 20.8 Å². The van der Waals surface area contributed by atoms with Gasteiger partial charge in [-0.1, -0.05) is 42.5 Å². The van der Waals surface area contributed by atoms with Gasteiger partial charge in [0.25, 0.3) is 0 Å². The monoisotopic (exact) mass is 453 g/mol. The van der Waals surface area contributed by atoms with Crippen molar-refractivity contribution in [2.45, 2.75) is 46.1 Å². The van der Waals surface area contributed by atoms with Crippen LogP contribution >= 0.6 is 0 Å². The summed E-state index contributed by atoms with van der Waals surface area (Å²) in [4.78, 5) is 20.1. The summed E-state index contributed by atoms with van der Waals surface area (Å²) >= 11 is 0. The minimum absolute atomic E-state index is 0.0663. The third kappa shape index (κ3) is 4.30. The largest absolute Gasteiger partial charge is 0.494 e. The van der Waals surface area contributed by atoms with E-state index in [9.17, 15) is 4.79 Å². The average Bonchev–Trinajstić information content (AvgIpc) is 3.37. The van der Waals surface area contributed by atoms with Gasteiger partial charge in [-0.2, -0.15) is 0 Å². The number of aromatic nitrogens is 2. The number of carbonyl (C=O) groups is 1. The summed E-state index contributed by atoms with van der Waals surface area (Å²) in [5.74, 6) is 2.14. The van der Waals surface area contributed by atoms with E-state index < -0.39 is 0 Å². The van der Waals surface area contributed by atoms with Gasteiger partial charge in [0.1, 0.15) is 11.6 Å². The highest BCUT2D eigenvalue weighted by atomic mass is 16.5. The Hall–Kier alpha value is -3.60. The predicted molar refractivity (Wildman–Crippen MR) is 137 cm³/mol. The minimum Gasteiger partial charge on any atom is -0.494 e. The number of nitrogens with zero attached hydrogens (tertiary/aromatic N) is 3. The molecule has 0 N–H and O–H groups in total. The van der Waals surface area contributed by atoms with Crippen molar-refractivity contribution in [2.24, 2.45) is 0 Å². The highest BCUT2D eigenvalue weighted by Gasteiger charge is 2.35. The second-order valence-corrected chi connectivity index (χ2v) is 9.27. The zero-order valence-corrected chi connectivity index (χ0v) is 20.1. The first kappa shape index (κ1) is 22.2. The Kier molecular flexibility index (Phi) is 6.10. The molecule has 1 atom stereocenters. The van der Waals surface area contributed by atoms with E-state index in [1.807, 2.05) is 29.2 Å². The molecule has 1 aromatic heterocycles. The fourth-order valence-corrected chi connectivity index (χ4v) is 5.09. The smallest absolute Gasteiger partial charge is 0.227 e. The molecule has 0 spiro atoms. The highest BCUT2D eigenvalue weighted by molar-refractivity contribution is 5.98. The topological polar surface area (TPSA) is 47.4 Å². The third-order valence-corrected chi connectivity index (χ3v) is 6.67. The lowest BCUT2D eigenvalue weighted by Gasteiger charge is -2.21. The van der Waals surface area contributed by atoms with Gasteiger partial charge >= 0.3 is 0 Å². The van der Waals surface area contributed by atoms with Crippen LogP contribution in [-0.2, 0) is 11.3 Å². The molecule has 34 heavy (non-hydrogen) atoms. The molecule has 5 heteroatoms. The zero-order valence-electron chi connectivity index (χ0n) is 20.1. The Balaban J connectivity index is 1.37. The standard InChI is InChI=1S/C29H31N3O2/c1-20-9-6-12-24(17-20)34-16-8-15-31-26-14-5-4-13-25(26)30-29(31)23-18-27(33)32(19-23)28-21(2)10-7-11-22(28)3/h4-7,9-14,17,23H,8,15-16,18-19H2,1-3H3. The maximum atomic E-state index is 13.1. The Bertz CT molecular complexity index is 1320. The van der Waals surface area contributed by atoms with Crippen LogP contribution in [0.4, 0.5) is 5.69 Å². The second-order valence-electron chi connectivity index (χ2n) is 9.27. The van der Waals surface area contributed by atoms with Crippen LogP contribution in [-0.4, -0.2) is 28.6 Å². The van der Waals surface area contributed by atoms with E-state index in [0.717, 1.165) is 52.4 Å². The molecule has 3 aromatic carbocycles. The first-order valence-corrected chi connectivity index (χ1v) is 12.0. The Labute approximate surface area is 201 Å². The number of benzene rings is 3. The van der Waals surface area contributed by atoms with Gasteiger partial charge in [0, 0.05) is 31.1 Å². The number of imidazole rings is 1. The molecule has 0 radical (unpaired) electrons. The summed E-state index contributed by atoms with van der Waals surface area (Å²) in [6.07, 6.45) is 1.35. The number of fused-ring (bicyclic) bond motifs is 1. The van der Waals surface area contributed by atoms with E-state index in [2.05, 4.69) is 67.8 Å².